The number of terminal acetylenes is 1. The van der Waals surface area contributed by atoms with Crippen LogP contribution < -0.4 is 10.2 Å². The molecule has 2 aliphatic heterocycles. The lowest BCUT2D eigenvalue weighted by Crippen LogP contribution is -2.46. The Labute approximate surface area is 172 Å². The normalized spacial score (nSPS) is 19.4. The average molecular weight is 400 g/mol. The van der Waals surface area contributed by atoms with Gasteiger partial charge in [0.05, 0.1) is 24.1 Å². The molecule has 30 heavy (non-hydrogen) atoms. The molecule has 3 aromatic rings. The molecule has 0 fully saturated rings. The van der Waals surface area contributed by atoms with Crippen molar-refractivity contribution in [2.75, 3.05) is 16.8 Å². The molecule has 7 heteroatoms. The summed E-state index contributed by atoms with van der Waals surface area (Å²) in [5.74, 6) is 1.92. The molecule has 0 aliphatic carbocycles. The number of para-hydroxylation sites is 1. The maximum Gasteiger partial charge on any atom is 0.243 e. The summed E-state index contributed by atoms with van der Waals surface area (Å²) < 4.78 is 15.2. The van der Waals surface area contributed by atoms with E-state index >= 15 is 0 Å². The van der Waals surface area contributed by atoms with Crippen LogP contribution in [0.25, 0.3) is 5.69 Å². The second kappa shape index (κ2) is 6.29. The Morgan fingerprint density at radius 1 is 1.23 bits per heavy atom. The van der Waals surface area contributed by atoms with Crippen LogP contribution in [0.1, 0.15) is 23.1 Å². The Kier molecular flexibility index (Phi) is 3.80. The van der Waals surface area contributed by atoms with Crippen LogP contribution in [-0.4, -0.2) is 28.1 Å². The first-order valence-corrected chi connectivity index (χ1v) is 9.47. The lowest BCUT2D eigenvalue weighted by molar-refractivity contribution is -0.126. The molecule has 2 amide bonds. The molecule has 0 saturated heterocycles. The number of fused-ring (bicyclic) bond motifs is 4. The van der Waals surface area contributed by atoms with Crippen molar-refractivity contribution in [1.29, 1.82) is 0 Å². The Hall–Kier alpha value is -3.92. The molecule has 0 saturated carbocycles. The standard InChI is InChI=1S/C23H17FN4O2/c1-3-10-27-20-14(2)6-4-9-17(20)23(22(27)30)12-19(29)26-21-18(23)13-25-28(21)16-8-5-7-15(24)11-16/h1,4-9,11,13H,10,12H2,2H3,(H,26,29)/t23-/m0/s1. The summed E-state index contributed by atoms with van der Waals surface area (Å²) >= 11 is 0. The van der Waals surface area contributed by atoms with E-state index in [1.807, 2.05) is 25.1 Å². The summed E-state index contributed by atoms with van der Waals surface area (Å²) in [6.07, 6.45) is 7.06. The fourth-order valence-corrected chi connectivity index (χ4v) is 4.58. The Morgan fingerprint density at radius 2 is 2.03 bits per heavy atom. The highest BCUT2D eigenvalue weighted by atomic mass is 19.1. The summed E-state index contributed by atoms with van der Waals surface area (Å²) in [6.45, 7) is 2.02. The molecule has 0 radical (unpaired) electrons. The molecule has 5 rings (SSSR count). The Balaban J connectivity index is 1.79. The molecule has 1 aromatic heterocycles. The van der Waals surface area contributed by atoms with E-state index in [1.165, 1.54) is 16.8 Å². The van der Waals surface area contributed by atoms with Gasteiger partial charge in [-0.05, 0) is 36.2 Å². The highest BCUT2D eigenvalue weighted by Crippen LogP contribution is 2.53. The van der Waals surface area contributed by atoms with Crippen LogP contribution in [-0.2, 0) is 15.0 Å². The number of amides is 2. The van der Waals surface area contributed by atoms with E-state index in [0.29, 0.717) is 17.1 Å². The number of benzene rings is 2. The van der Waals surface area contributed by atoms with Gasteiger partial charge in [-0.2, -0.15) is 5.10 Å². The molecule has 0 unspecified atom stereocenters. The quantitative estimate of drug-likeness (QED) is 0.673. The first-order chi connectivity index (χ1) is 14.5. The van der Waals surface area contributed by atoms with Gasteiger partial charge in [0, 0.05) is 12.0 Å². The number of nitrogens with one attached hydrogen (secondary N) is 1. The average Bonchev–Trinajstić information content (AvgIpc) is 3.23. The minimum Gasteiger partial charge on any atom is -0.310 e. The summed E-state index contributed by atoms with van der Waals surface area (Å²) in [6, 6.07) is 11.5. The molecule has 3 heterocycles. The van der Waals surface area contributed by atoms with Crippen LogP contribution in [0.5, 0.6) is 0 Å². The molecule has 1 atom stereocenters. The molecule has 148 valence electrons. The van der Waals surface area contributed by atoms with Gasteiger partial charge in [0.25, 0.3) is 0 Å². The summed E-state index contributed by atoms with van der Waals surface area (Å²) in [5.41, 5.74) is 2.17. The molecular formula is C23H17FN4O2. The van der Waals surface area contributed by atoms with Crippen LogP contribution in [0.15, 0.2) is 48.7 Å². The second-order valence-electron chi connectivity index (χ2n) is 7.50. The highest BCUT2D eigenvalue weighted by molar-refractivity contribution is 6.16. The molecular weight excluding hydrogens is 383 g/mol. The summed E-state index contributed by atoms with van der Waals surface area (Å²) in [7, 11) is 0. The van der Waals surface area contributed by atoms with Crippen LogP contribution in [0.3, 0.4) is 0 Å². The maximum atomic E-state index is 13.8. The fourth-order valence-electron chi connectivity index (χ4n) is 4.58. The Morgan fingerprint density at radius 3 is 2.80 bits per heavy atom. The van der Waals surface area contributed by atoms with Crippen molar-refractivity contribution in [3.8, 4) is 18.0 Å². The molecule has 1 N–H and O–H groups in total. The van der Waals surface area contributed by atoms with E-state index in [0.717, 1.165) is 16.8 Å². The molecule has 2 aromatic carbocycles. The van der Waals surface area contributed by atoms with Gasteiger partial charge in [-0.15, -0.1) is 6.42 Å². The summed E-state index contributed by atoms with van der Waals surface area (Å²) in [5, 5.41) is 7.21. The second-order valence-corrected chi connectivity index (χ2v) is 7.50. The van der Waals surface area contributed by atoms with Gasteiger partial charge >= 0.3 is 0 Å². The Bertz CT molecular complexity index is 1270. The lowest BCUT2D eigenvalue weighted by Gasteiger charge is -2.32. The van der Waals surface area contributed by atoms with Gasteiger partial charge in [-0.3, -0.25) is 14.5 Å². The predicted octanol–water partition coefficient (Wildman–Crippen LogP) is 2.93. The van der Waals surface area contributed by atoms with E-state index in [9.17, 15) is 14.0 Å². The van der Waals surface area contributed by atoms with Gasteiger partial charge in [0.1, 0.15) is 17.1 Å². The van der Waals surface area contributed by atoms with Crippen LogP contribution in [0.2, 0.25) is 0 Å². The fraction of sp³-hybridized carbons (Fsp3) is 0.174. The number of carbonyl (C=O) groups excluding carboxylic acids is 2. The van der Waals surface area contributed by atoms with E-state index in [-0.39, 0.29) is 24.8 Å². The lowest BCUT2D eigenvalue weighted by atomic mass is 9.71. The number of carbonyl (C=O) groups is 2. The minimum absolute atomic E-state index is 0.0504. The van der Waals surface area contributed by atoms with Gasteiger partial charge in [0.15, 0.2) is 0 Å². The van der Waals surface area contributed by atoms with E-state index in [2.05, 4.69) is 16.3 Å². The van der Waals surface area contributed by atoms with Crippen molar-refractivity contribution < 1.29 is 14.0 Å². The topological polar surface area (TPSA) is 67.2 Å². The van der Waals surface area contributed by atoms with Crippen LogP contribution in [0, 0.1) is 25.1 Å². The predicted molar refractivity (Wildman–Crippen MR) is 110 cm³/mol. The molecule has 6 nitrogen and oxygen atoms in total. The minimum atomic E-state index is -1.22. The van der Waals surface area contributed by atoms with Gasteiger partial charge < -0.3 is 5.32 Å². The third kappa shape index (κ3) is 2.28. The van der Waals surface area contributed by atoms with Crippen molar-refractivity contribution in [3.63, 3.8) is 0 Å². The number of anilines is 2. The van der Waals surface area contributed by atoms with Crippen molar-refractivity contribution in [1.82, 2.24) is 9.78 Å². The summed E-state index contributed by atoms with van der Waals surface area (Å²) in [4.78, 5) is 28.1. The number of aryl methyl sites for hydroxylation is 1. The first-order valence-electron chi connectivity index (χ1n) is 9.47. The van der Waals surface area contributed by atoms with Gasteiger partial charge in [-0.1, -0.05) is 30.2 Å². The first kappa shape index (κ1) is 18.1. The zero-order chi connectivity index (χ0) is 21.0. The molecule has 1 spiro atoms. The van der Waals surface area contributed by atoms with E-state index in [1.54, 1.807) is 23.2 Å². The van der Waals surface area contributed by atoms with Gasteiger partial charge in [0.2, 0.25) is 11.8 Å². The van der Waals surface area contributed by atoms with E-state index in [4.69, 9.17) is 6.42 Å². The zero-order valence-corrected chi connectivity index (χ0v) is 16.1. The number of nitrogens with zero attached hydrogens (tertiary/aromatic N) is 3. The highest BCUT2D eigenvalue weighted by Gasteiger charge is 2.57. The number of halogens is 1. The smallest absolute Gasteiger partial charge is 0.243 e. The van der Waals surface area contributed by atoms with Crippen molar-refractivity contribution in [2.24, 2.45) is 0 Å². The van der Waals surface area contributed by atoms with Gasteiger partial charge in [-0.25, -0.2) is 9.07 Å². The van der Waals surface area contributed by atoms with E-state index < -0.39 is 11.2 Å². The zero-order valence-electron chi connectivity index (χ0n) is 16.1. The number of hydrogen-bond donors (Lipinski definition) is 1. The number of rotatable bonds is 2. The van der Waals surface area contributed by atoms with Crippen molar-refractivity contribution in [3.05, 3.63) is 71.2 Å². The van der Waals surface area contributed by atoms with Crippen LogP contribution >= 0.6 is 0 Å². The monoisotopic (exact) mass is 400 g/mol. The third-order valence-electron chi connectivity index (χ3n) is 5.79. The van der Waals surface area contributed by atoms with Crippen molar-refractivity contribution in [2.45, 2.75) is 18.8 Å². The SMILES string of the molecule is C#CCN1C(=O)[C@@]2(CC(=O)Nc3c2cnn3-c2cccc(F)c2)c2cccc(C)c21. The molecule has 2 aliphatic rings. The largest absolute Gasteiger partial charge is 0.310 e. The van der Waals surface area contributed by atoms with Crippen LogP contribution in [0.4, 0.5) is 15.9 Å². The number of hydrogen-bond acceptors (Lipinski definition) is 3. The third-order valence-corrected chi connectivity index (χ3v) is 5.79. The molecule has 0 bridgehead atoms. The maximum absolute atomic E-state index is 13.8. The van der Waals surface area contributed by atoms with Crippen molar-refractivity contribution >= 4 is 23.3 Å². The number of aromatic nitrogens is 2.